The number of hydroxylamine groups is 1. The van der Waals surface area contributed by atoms with Gasteiger partial charge < -0.3 is 0 Å². The topological polar surface area (TPSA) is 96.4 Å². The largest absolute Gasteiger partial charge is 0.289 e. The molecule has 2 aromatic rings. The molecule has 0 spiro atoms. The number of aromatic nitrogens is 1. The first-order valence-electron chi connectivity index (χ1n) is 8.06. The average Bonchev–Trinajstić information content (AvgIpc) is 3.07. The van der Waals surface area contributed by atoms with Crippen LogP contribution in [-0.2, 0) is 19.4 Å². The van der Waals surface area contributed by atoms with Crippen molar-refractivity contribution in [1.82, 2.24) is 10.5 Å². The van der Waals surface area contributed by atoms with E-state index in [1.807, 2.05) is 25.1 Å². The van der Waals surface area contributed by atoms with Crippen molar-refractivity contribution in [2.45, 2.75) is 37.4 Å². The molecule has 6 nitrogen and oxygen atoms in total. The minimum Gasteiger partial charge on any atom is -0.289 e. The molecule has 2 aromatic heterocycles. The van der Waals surface area contributed by atoms with Crippen molar-refractivity contribution in [1.29, 1.82) is 0 Å². The number of sulfone groups is 1. The number of amides is 1. The first kappa shape index (κ1) is 18.0. The number of aryl methyl sites for hydroxylation is 1. The van der Waals surface area contributed by atoms with Crippen molar-refractivity contribution in [2.75, 3.05) is 5.75 Å². The van der Waals surface area contributed by atoms with Gasteiger partial charge in [-0.05, 0) is 38.0 Å². The van der Waals surface area contributed by atoms with Gasteiger partial charge in [0.2, 0.25) is 5.91 Å². The lowest BCUT2D eigenvalue weighted by molar-refractivity contribution is -0.130. The average molecular weight is 380 g/mol. The Kier molecular flexibility index (Phi) is 4.95. The van der Waals surface area contributed by atoms with Crippen LogP contribution in [0.5, 0.6) is 0 Å². The molecule has 134 valence electrons. The normalized spacial score (nSPS) is 22.5. The van der Waals surface area contributed by atoms with Crippen molar-refractivity contribution in [3.63, 3.8) is 0 Å². The van der Waals surface area contributed by atoms with Gasteiger partial charge in [0.25, 0.3) is 0 Å². The summed E-state index contributed by atoms with van der Waals surface area (Å²) in [6.07, 6.45) is 3.21. The number of nitrogens with zero attached hydrogens (tertiary/aromatic N) is 1. The molecule has 1 saturated heterocycles. The van der Waals surface area contributed by atoms with E-state index < -0.39 is 20.5 Å². The second-order valence-corrected chi connectivity index (χ2v) is 9.84. The number of hydrogen-bond donors (Lipinski definition) is 2. The third kappa shape index (κ3) is 3.33. The van der Waals surface area contributed by atoms with Crippen LogP contribution in [0.25, 0.3) is 10.4 Å². The zero-order valence-electron chi connectivity index (χ0n) is 13.9. The van der Waals surface area contributed by atoms with Crippen molar-refractivity contribution >= 4 is 27.1 Å². The Morgan fingerprint density at radius 2 is 2.12 bits per heavy atom. The highest BCUT2D eigenvalue weighted by Gasteiger charge is 2.49. The van der Waals surface area contributed by atoms with Crippen LogP contribution in [0.1, 0.15) is 36.3 Å². The summed E-state index contributed by atoms with van der Waals surface area (Å²) >= 11 is 1.37. The molecule has 25 heavy (non-hydrogen) atoms. The van der Waals surface area contributed by atoms with E-state index in [9.17, 15) is 13.2 Å². The zero-order valence-corrected chi connectivity index (χ0v) is 15.5. The fraction of sp³-hybridized carbons (Fsp3) is 0.412. The van der Waals surface area contributed by atoms with Crippen LogP contribution in [0.2, 0.25) is 0 Å². The van der Waals surface area contributed by atoms with Crippen molar-refractivity contribution in [3.05, 3.63) is 41.0 Å². The first-order chi connectivity index (χ1) is 11.9. The summed E-state index contributed by atoms with van der Waals surface area (Å²) in [5.41, 5.74) is 3.40. The summed E-state index contributed by atoms with van der Waals surface area (Å²) in [6, 6.07) is 7.50. The number of pyridine rings is 1. The van der Waals surface area contributed by atoms with Gasteiger partial charge in [-0.2, -0.15) is 0 Å². The van der Waals surface area contributed by atoms with Gasteiger partial charge in [0.05, 0.1) is 12.2 Å². The predicted molar refractivity (Wildman–Crippen MR) is 96.1 cm³/mol. The smallest absolute Gasteiger partial charge is 0.245 e. The molecule has 0 saturated carbocycles. The van der Waals surface area contributed by atoms with Crippen molar-refractivity contribution in [2.24, 2.45) is 0 Å². The number of carbonyl (C=O) groups is 1. The van der Waals surface area contributed by atoms with Crippen LogP contribution in [-0.4, -0.2) is 30.3 Å². The molecular formula is C17H20N2O4S2. The molecule has 1 aliphatic heterocycles. The molecule has 1 amide bonds. The van der Waals surface area contributed by atoms with Gasteiger partial charge in [0.15, 0.2) is 9.84 Å². The maximum Gasteiger partial charge on any atom is 0.245 e. The quantitative estimate of drug-likeness (QED) is 0.628. The monoisotopic (exact) mass is 380 g/mol. The fourth-order valence-corrected chi connectivity index (χ4v) is 7.04. The molecule has 1 fully saturated rings. The summed E-state index contributed by atoms with van der Waals surface area (Å²) in [7, 11) is -3.50. The molecule has 8 heteroatoms. The number of thiophene rings is 1. The molecule has 2 N–H and O–H groups in total. The molecule has 0 aliphatic carbocycles. The third-order valence-corrected chi connectivity index (χ3v) is 8.71. The molecule has 1 atom stereocenters. The van der Waals surface area contributed by atoms with Gasteiger partial charge in [-0.25, -0.2) is 13.9 Å². The summed E-state index contributed by atoms with van der Waals surface area (Å²) < 4.78 is 24.5. The Labute approximate surface area is 150 Å². The molecule has 0 bridgehead atoms. The van der Waals surface area contributed by atoms with Crippen LogP contribution in [0.3, 0.4) is 0 Å². The van der Waals surface area contributed by atoms with E-state index in [-0.39, 0.29) is 12.2 Å². The molecule has 3 rings (SSSR count). The molecule has 0 aromatic carbocycles. The highest BCUT2D eigenvalue weighted by atomic mass is 32.2. The lowest BCUT2D eigenvalue weighted by Gasteiger charge is -2.35. The highest BCUT2D eigenvalue weighted by Crippen LogP contribution is 2.47. The molecule has 3 heterocycles. The lowest BCUT2D eigenvalue weighted by atomic mass is 9.94. The maximum atomic E-state index is 12.9. The number of nitrogens with one attached hydrogen (secondary N) is 1. The Hall–Kier alpha value is -1.77. The van der Waals surface area contributed by atoms with Gasteiger partial charge >= 0.3 is 0 Å². The van der Waals surface area contributed by atoms with E-state index in [0.717, 1.165) is 22.6 Å². The van der Waals surface area contributed by atoms with Gasteiger partial charge in [-0.3, -0.25) is 15.0 Å². The third-order valence-electron chi connectivity index (χ3n) is 4.66. The summed E-state index contributed by atoms with van der Waals surface area (Å²) in [4.78, 5) is 17.7. The minimum atomic E-state index is -3.50. The number of rotatable bonds is 4. The molecule has 1 aliphatic rings. The number of carbonyl (C=O) groups excluding carboxylic acids is 1. The Balaban J connectivity index is 2.05. The van der Waals surface area contributed by atoms with E-state index in [1.165, 1.54) is 11.3 Å². The van der Waals surface area contributed by atoms with Gasteiger partial charge in [0.1, 0.15) is 4.75 Å². The second-order valence-electron chi connectivity index (χ2n) is 6.33. The second kappa shape index (κ2) is 6.86. The van der Waals surface area contributed by atoms with Crippen LogP contribution < -0.4 is 5.48 Å². The zero-order chi connectivity index (χ0) is 18.1. The maximum absolute atomic E-state index is 12.9. The predicted octanol–water partition coefficient (Wildman–Crippen LogP) is 2.81. The van der Waals surface area contributed by atoms with E-state index in [2.05, 4.69) is 4.98 Å². The number of hydrogen-bond acceptors (Lipinski definition) is 6. The van der Waals surface area contributed by atoms with Gasteiger partial charge in [-0.15, -0.1) is 11.3 Å². The van der Waals surface area contributed by atoms with E-state index in [1.54, 1.807) is 17.7 Å². The Morgan fingerprint density at radius 3 is 2.76 bits per heavy atom. The molecule has 0 unspecified atom stereocenters. The van der Waals surface area contributed by atoms with E-state index >= 15 is 0 Å². The van der Waals surface area contributed by atoms with E-state index in [0.29, 0.717) is 17.7 Å². The summed E-state index contributed by atoms with van der Waals surface area (Å²) in [5.74, 6) is -0.622. The van der Waals surface area contributed by atoms with Crippen LogP contribution in [0.4, 0.5) is 0 Å². The van der Waals surface area contributed by atoms with Gasteiger partial charge in [-0.1, -0.05) is 12.5 Å². The fourth-order valence-electron chi connectivity index (χ4n) is 3.27. The highest BCUT2D eigenvalue weighted by molar-refractivity contribution is 7.92. The standard InChI is InChI=1S/C17H20N2O4S2/c1-12-4-5-13(11-18-12)14-6-7-15(24-14)17(10-16(20)19-21)8-2-3-9-25(17,22)23/h4-7,11,21H,2-3,8-10H2,1H3,(H,19,20)/t17-/m0/s1. The van der Waals surface area contributed by atoms with Crippen molar-refractivity contribution in [3.8, 4) is 10.4 Å². The minimum absolute atomic E-state index is 0.0605. The van der Waals surface area contributed by atoms with Crippen LogP contribution in [0, 0.1) is 6.92 Å². The summed E-state index contributed by atoms with van der Waals surface area (Å²) in [6.45, 7) is 1.90. The molecule has 0 radical (unpaired) electrons. The summed E-state index contributed by atoms with van der Waals surface area (Å²) in [5, 5.41) is 8.91. The molecular weight excluding hydrogens is 360 g/mol. The SMILES string of the molecule is Cc1ccc(-c2ccc([C@@]3(CC(=O)NO)CCCCS3(=O)=O)s2)cn1. The van der Waals surface area contributed by atoms with Crippen LogP contribution in [0.15, 0.2) is 30.5 Å². The Bertz CT molecular complexity index is 874. The van der Waals surface area contributed by atoms with E-state index in [4.69, 9.17) is 5.21 Å². The first-order valence-corrected chi connectivity index (χ1v) is 10.5. The van der Waals surface area contributed by atoms with Gasteiger partial charge in [0, 0.05) is 27.2 Å². The van der Waals surface area contributed by atoms with Crippen molar-refractivity contribution < 1.29 is 18.4 Å². The van der Waals surface area contributed by atoms with Crippen LogP contribution >= 0.6 is 11.3 Å². The Morgan fingerprint density at radius 1 is 1.32 bits per heavy atom. The lowest BCUT2D eigenvalue weighted by Crippen LogP contribution is -2.43.